The first-order valence-electron chi connectivity index (χ1n) is 6.26. The molecule has 5 nitrogen and oxygen atoms in total. The molecule has 1 aliphatic rings. The number of hydrogen-bond acceptors (Lipinski definition) is 4. The van der Waals surface area contributed by atoms with E-state index in [1.807, 2.05) is 0 Å². The highest BCUT2D eigenvalue weighted by Gasteiger charge is 2.39. The van der Waals surface area contributed by atoms with Gasteiger partial charge < -0.3 is 15.8 Å². The molecule has 3 unspecified atom stereocenters. The van der Waals surface area contributed by atoms with Crippen LogP contribution in [0.2, 0.25) is 0 Å². The summed E-state index contributed by atoms with van der Waals surface area (Å²) in [6.07, 6.45) is 1.72. The minimum Gasteiger partial charge on any atom is -0.389 e. The molecule has 0 saturated heterocycles. The predicted molar refractivity (Wildman–Crippen MR) is 74.9 cm³/mol. The fourth-order valence-electron chi connectivity index (χ4n) is 1.89. The zero-order chi connectivity index (χ0) is 15.3. The van der Waals surface area contributed by atoms with Crippen molar-refractivity contribution in [1.82, 2.24) is 10.7 Å². The van der Waals surface area contributed by atoms with Crippen molar-refractivity contribution in [2.75, 3.05) is 13.1 Å². The number of rotatable bonds is 6. The zero-order valence-corrected chi connectivity index (χ0v) is 11.6. The summed E-state index contributed by atoms with van der Waals surface area (Å²) in [7, 11) is 0. The van der Waals surface area contributed by atoms with E-state index in [1.165, 1.54) is 13.0 Å². The Labute approximate surface area is 117 Å². The normalized spacial score (nSPS) is 27.1. The summed E-state index contributed by atoms with van der Waals surface area (Å²) in [5.41, 5.74) is 1.54. The van der Waals surface area contributed by atoms with Crippen molar-refractivity contribution < 1.29 is 13.9 Å². The van der Waals surface area contributed by atoms with Gasteiger partial charge in [0, 0.05) is 19.2 Å². The molecular formula is C13H20F2N4O. The topological polar surface area (TPSA) is 80.5 Å². The molecule has 0 aliphatic heterocycles. The maximum atomic E-state index is 13.6. The third-order valence-electron chi connectivity index (χ3n) is 3.58. The van der Waals surface area contributed by atoms with Crippen LogP contribution in [0.5, 0.6) is 0 Å². The molecule has 1 rings (SSSR count). The van der Waals surface area contributed by atoms with Crippen molar-refractivity contribution in [2.24, 2.45) is 16.4 Å². The van der Waals surface area contributed by atoms with Gasteiger partial charge in [0.25, 0.3) is 0 Å². The quantitative estimate of drug-likeness (QED) is 0.339. The van der Waals surface area contributed by atoms with Crippen LogP contribution in [-0.4, -0.2) is 36.9 Å². The van der Waals surface area contributed by atoms with Gasteiger partial charge in [-0.2, -0.15) is 5.10 Å². The molecule has 0 saturated carbocycles. The van der Waals surface area contributed by atoms with Crippen LogP contribution in [0.15, 0.2) is 28.9 Å². The molecule has 0 aromatic heterocycles. The summed E-state index contributed by atoms with van der Waals surface area (Å²) >= 11 is 0. The summed E-state index contributed by atoms with van der Waals surface area (Å²) in [6.45, 7) is 6.67. The van der Waals surface area contributed by atoms with Crippen molar-refractivity contribution in [3.8, 4) is 0 Å². The van der Waals surface area contributed by atoms with Gasteiger partial charge in [0.15, 0.2) is 5.83 Å². The Kier molecular flexibility index (Phi) is 5.38. The van der Waals surface area contributed by atoms with Crippen LogP contribution in [0, 0.1) is 16.7 Å². The van der Waals surface area contributed by atoms with E-state index < -0.39 is 29.1 Å². The smallest absolute Gasteiger partial charge is 0.154 e. The minimum atomic E-state index is -0.969. The molecule has 0 radical (unpaired) electrons. The molecule has 20 heavy (non-hydrogen) atoms. The number of aliphatic hydroxyl groups is 1. The van der Waals surface area contributed by atoms with Crippen LogP contribution in [0.25, 0.3) is 0 Å². The van der Waals surface area contributed by atoms with Crippen LogP contribution < -0.4 is 10.7 Å². The lowest BCUT2D eigenvalue weighted by molar-refractivity contribution is 0.174. The number of allylic oxidation sites excluding steroid dienone is 3. The van der Waals surface area contributed by atoms with Crippen molar-refractivity contribution in [3.05, 3.63) is 23.8 Å². The Morgan fingerprint density at radius 3 is 2.85 bits per heavy atom. The maximum Gasteiger partial charge on any atom is 0.154 e. The molecule has 0 amide bonds. The lowest BCUT2D eigenvalue weighted by Gasteiger charge is -2.35. The number of nitrogens with zero attached hydrogens (tertiary/aromatic N) is 1. The van der Waals surface area contributed by atoms with Gasteiger partial charge in [-0.15, -0.1) is 0 Å². The molecular weight excluding hydrogens is 266 g/mol. The van der Waals surface area contributed by atoms with Gasteiger partial charge >= 0.3 is 0 Å². The first-order chi connectivity index (χ1) is 9.32. The molecule has 112 valence electrons. The van der Waals surface area contributed by atoms with Crippen LogP contribution in [-0.2, 0) is 0 Å². The van der Waals surface area contributed by atoms with Crippen LogP contribution in [0.4, 0.5) is 8.78 Å². The van der Waals surface area contributed by atoms with Crippen LogP contribution >= 0.6 is 0 Å². The second-order valence-electron chi connectivity index (χ2n) is 4.96. The van der Waals surface area contributed by atoms with Crippen LogP contribution in [0.3, 0.4) is 0 Å². The van der Waals surface area contributed by atoms with Crippen molar-refractivity contribution in [2.45, 2.75) is 20.0 Å². The first kappa shape index (κ1) is 16.3. The first-order valence-corrected chi connectivity index (χ1v) is 6.26. The van der Waals surface area contributed by atoms with Gasteiger partial charge in [0.2, 0.25) is 0 Å². The number of aliphatic hydroxyl groups excluding tert-OH is 1. The molecule has 0 aromatic carbocycles. The van der Waals surface area contributed by atoms with E-state index in [0.29, 0.717) is 0 Å². The van der Waals surface area contributed by atoms with Gasteiger partial charge in [-0.05, 0) is 13.0 Å². The average Bonchev–Trinajstić information content (AvgIpc) is 2.44. The van der Waals surface area contributed by atoms with E-state index in [-0.39, 0.29) is 18.9 Å². The minimum absolute atomic E-state index is 0.0227. The SMILES string of the molecule is C=NNCC(O)CNC(=N)C1(C)C=CC(F)=C(F)C1C. The van der Waals surface area contributed by atoms with Gasteiger partial charge in [-0.3, -0.25) is 5.41 Å². The Morgan fingerprint density at radius 2 is 2.25 bits per heavy atom. The Bertz CT molecular complexity index is 450. The van der Waals surface area contributed by atoms with E-state index in [4.69, 9.17) is 5.41 Å². The van der Waals surface area contributed by atoms with E-state index in [9.17, 15) is 13.9 Å². The molecule has 4 N–H and O–H groups in total. The Morgan fingerprint density at radius 1 is 1.60 bits per heavy atom. The maximum absolute atomic E-state index is 13.6. The summed E-state index contributed by atoms with van der Waals surface area (Å²) in [4.78, 5) is 0. The molecule has 0 heterocycles. The standard InChI is InChI=1S/C13H20F2N4O/c1-8-11(15)10(14)4-5-13(8,2)12(16)18-6-9(20)7-19-17-3/h4-5,8-9,19-20H,3,6-7H2,1-2H3,(H2,16,18). The summed E-state index contributed by atoms with van der Waals surface area (Å²) < 4.78 is 26.8. The second-order valence-corrected chi connectivity index (χ2v) is 4.96. The molecule has 0 aromatic rings. The highest BCUT2D eigenvalue weighted by molar-refractivity contribution is 5.88. The van der Waals surface area contributed by atoms with Crippen LogP contribution in [0.1, 0.15) is 13.8 Å². The average molecular weight is 286 g/mol. The van der Waals surface area contributed by atoms with Crippen molar-refractivity contribution in [1.29, 1.82) is 5.41 Å². The molecule has 3 atom stereocenters. The molecule has 0 spiro atoms. The fraction of sp³-hybridized carbons (Fsp3) is 0.538. The molecule has 0 bridgehead atoms. The summed E-state index contributed by atoms with van der Waals surface area (Å²) in [6, 6.07) is 0. The second kappa shape index (κ2) is 6.60. The van der Waals surface area contributed by atoms with Crippen molar-refractivity contribution in [3.63, 3.8) is 0 Å². The Balaban J connectivity index is 2.64. The van der Waals surface area contributed by atoms with Gasteiger partial charge in [-0.25, -0.2) is 8.78 Å². The molecule has 0 fully saturated rings. The lowest BCUT2D eigenvalue weighted by atomic mass is 9.73. The highest BCUT2D eigenvalue weighted by atomic mass is 19.2. The number of hydrazone groups is 1. The van der Waals surface area contributed by atoms with Gasteiger partial charge in [-0.1, -0.05) is 13.0 Å². The summed E-state index contributed by atoms with van der Waals surface area (Å²) in [5, 5.41) is 23.7. The zero-order valence-electron chi connectivity index (χ0n) is 11.6. The number of hydrogen-bond donors (Lipinski definition) is 4. The third kappa shape index (κ3) is 3.41. The highest BCUT2D eigenvalue weighted by Crippen LogP contribution is 2.40. The summed E-state index contributed by atoms with van der Waals surface area (Å²) in [5.74, 6) is -2.52. The van der Waals surface area contributed by atoms with Gasteiger partial charge in [0.05, 0.1) is 18.1 Å². The van der Waals surface area contributed by atoms with E-state index in [1.54, 1.807) is 6.92 Å². The monoisotopic (exact) mass is 286 g/mol. The molecule has 7 heteroatoms. The third-order valence-corrected chi connectivity index (χ3v) is 3.58. The van der Waals surface area contributed by atoms with E-state index in [2.05, 4.69) is 22.6 Å². The van der Waals surface area contributed by atoms with Crippen molar-refractivity contribution >= 4 is 12.6 Å². The van der Waals surface area contributed by atoms with E-state index in [0.717, 1.165) is 6.08 Å². The van der Waals surface area contributed by atoms with E-state index >= 15 is 0 Å². The predicted octanol–water partition coefficient (Wildman–Crippen LogP) is 1.48. The largest absolute Gasteiger partial charge is 0.389 e. The number of amidine groups is 1. The number of halogens is 2. The molecule has 1 aliphatic carbocycles. The Hall–Kier alpha value is -1.76. The fourth-order valence-corrected chi connectivity index (χ4v) is 1.89. The number of nitrogens with one attached hydrogen (secondary N) is 3. The lowest BCUT2D eigenvalue weighted by Crippen LogP contribution is -2.46. The van der Waals surface area contributed by atoms with Gasteiger partial charge in [0.1, 0.15) is 11.7 Å².